The summed E-state index contributed by atoms with van der Waals surface area (Å²) in [6, 6.07) is 14.2. The molecular weight excluding hydrogens is 386 g/mol. The van der Waals surface area contributed by atoms with Crippen LogP contribution in [0.2, 0.25) is 0 Å². The van der Waals surface area contributed by atoms with E-state index in [1.165, 1.54) is 11.1 Å². The number of thioether (sulfide) groups is 1. The third-order valence-corrected chi connectivity index (χ3v) is 4.96. The van der Waals surface area contributed by atoms with Gasteiger partial charge in [0.05, 0.1) is 12.3 Å². The first kappa shape index (κ1) is 18.9. The second kappa shape index (κ2) is 9.74. The third kappa shape index (κ3) is 6.57. The Morgan fingerprint density at radius 2 is 1.92 bits per heavy atom. The zero-order valence-electron chi connectivity index (χ0n) is 14.0. The van der Waals surface area contributed by atoms with Gasteiger partial charge in [0.25, 0.3) is 0 Å². The van der Waals surface area contributed by atoms with Gasteiger partial charge in [-0.05, 0) is 43.2 Å². The third-order valence-electron chi connectivity index (χ3n) is 3.43. The second-order valence-electron chi connectivity index (χ2n) is 5.59. The highest BCUT2D eigenvalue weighted by Gasteiger charge is 2.03. The van der Waals surface area contributed by atoms with E-state index in [2.05, 4.69) is 46.4 Å². The molecule has 0 unspecified atom stereocenters. The average Bonchev–Trinajstić information content (AvgIpc) is 2.55. The molecule has 3 nitrogen and oxygen atoms in total. The van der Waals surface area contributed by atoms with Crippen LogP contribution < -0.4 is 10.1 Å². The number of hydrogen-bond acceptors (Lipinski definition) is 3. The fourth-order valence-electron chi connectivity index (χ4n) is 2.21. The van der Waals surface area contributed by atoms with E-state index in [1.54, 1.807) is 11.8 Å². The molecule has 0 spiro atoms. The summed E-state index contributed by atoms with van der Waals surface area (Å²) in [5.74, 6) is 2.21. The first-order valence-corrected chi connectivity index (χ1v) is 9.78. The molecule has 0 heterocycles. The van der Waals surface area contributed by atoms with Crippen molar-refractivity contribution in [3.8, 4) is 5.75 Å². The molecular formula is C19H22BrNO2S. The predicted molar refractivity (Wildman–Crippen MR) is 105 cm³/mol. The number of rotatable bonds is 8. The lowest BCUT2D eigenvalue weighted by Gasteiger charge is -2.10. The Balaban J connectivity index is 1.60. The lowest BCUT2D eigenvalue weighted by atomic mass is 10.1. The second-order valence-corrected chi connectivity index (χ2v) is 7.49. The number of hydrogen-bond donors (Lipinski definition) is 1. The summed E-state index contributed by atoms with van der Waals surface area (Å²) in [5, 5.41) is 2.89. The standard InChI is InChI=1S/C19H22BrNO2S/c1-14-3-8-18(15(2)11-14)23-10-9-21-19(22)13-24-12-16-4-6-17(20)7-5-16/h3-8,11H,9-10,12-13H2,1-2H3,(H,21,22). The number of nitrogens with one attached hydrogen (secondary N) is 1. The van der Waals surface area contributed by atoms with Crippen molar-refractivity contribution in [2.24, 2.45) is 0 Å². The van der Waals surface area contributed by atoms with Crippen molar-refractivity contribution in [2.75, 3.05) is 18.9 Å². The molecule has 5 heteroatoms. The van der Waals surface area contributed by atoms with Crippen molar-refractivity contribution in [3.63, 3.8) is 0 Å². The van der Waals surface area contributed by atoms with Gasteiger partial charge in [0, 0.05) is 10.2 Å². The highest BCUT2D eigenvalue weighted by molar-refractivity contribution is 9.10. The van der Waals surface area contributed by atoms with Gasteiger partial charge in [-0.1, -0.05) is 45.8 Å². The summed E-state index contributed by atoms with van der Waals surface area (Å²) >= 11 is 5.02. The molecule has 0 aliphatic heterocycles. The molecule has 0 fully saturated rings. The van der Waals surface area contributed by atoms with Crippen LogP contribution in [0.4, 0.5) is 0 Å². The molecule has 0 saturated carbocycles. The van der Waals surface area contributed by atoms with E-state index in [1.807, 2.05) is 31.2 Å². The zero-order chi connectivity index (χ0) is 17.4. The van der Waals surface area contributed by atoms with Gasteiger partial charge >= 0.3 is 0 Å². The first-order chi connectivity index (χ1) is 11.5. The summed E-state index contributed by atoms with van der Waals surface area (Å²) in [5.41, 5.74) is 3.55. The minimum atomic E-state index is 0.0429. The SMILES string of the molecule is Cc1ccc(OCCNC(=O)CSCc2ccc(Br)cc2)c(C)c1. The normalized spacial score (nSPS) is 10.5. The Hall–Kier alpha value is -1.46. The van der Waals surface area contributed by atoms with E-state index in [9.17, 15) is 4.79 Å². The maximum Gasteiger partial charge on any atom is 0.230 e. The van der Waals surface area contributed by atoms with Crippen molar-refractivity contribution in [1.29, 1.82) is 0 Å². The monoisotopic (exact) mass is 407 g/mol. The number of carbonyl (C=O) groups is 1. The number of ether oxygens (including phenoxy) is 1. The molecule has 0 radical (unpaired) electrons. The highest BCUT2D eigenvalue weighted by Crippen LogP contribution is 2.18. The van der Waals surface area contributed by atoms with E-state index in [-0.39, 0.29) is 5.91 Å². The molecule has 128 valence electrons. The van der Waals surface area contributed by atoms with Gasteiger partial charge in [-0.2, -0.15) is 0 Å². The summed E-state index contributed by atoms with van der Waals surface area (Å²) in [7, 11) is 0. The largest absolute Gasteiger partial charge is 0.491 e. The van der Waals surface area contributed by atoms with Crippen LogP contribution in [0, 0.1) is 13.8 Å². The Morgan fingerprint density at radius 3 is 2.62 bits per heavy atom. The molecule has 0 saturated heterocycles. The molecule has 2 aromatic rings. The minimum absolute atomic E-state index is 0.0429. The van der Waals surface area contributed by atoms with Gasteiger partial charge in [0.15, 0.2) is 0 Å². The fraction of sp³-hybridized carbons (Fsp3) is 0.316. The van der Waals surface area contributed by atoms with Crippen LogP contribution in [0.15, 0.2) is 46.9 Å². The Bertz CT molecular complexity index is 674. The van der Waals surface area contributed by atoms with Gasteiger partial charge in [-0.15, -0.1) is 11.8 Å². The highest BCUT2D eigenvalue weighted by atomic mass is 79.9. The maximum absolute atomic E-state index is 11.8. The lowest BCUT2D eigenvalue weighted by molar-refractivity contribution is -0.118. The summed E-state index contributed by atoms with van der Waals surface area (Å²) < 4.78 is 6.77. The molecule has 0 aliphatic rings. The number of amides is 1. The molecule has 0 aromatic heterocycles. The molecule has 0 atom stereocenters. The van der Waals surface area contributed by atoms with Crippen molar-refractivity contribution in [1.82, 2.24) is 5.32 Å². The average molecular weight is 408 g/mol. The van der Waals surface area contributed by atoms with E-state index in [4.69, 9.17) is 4.74 Å². The molecule has 1 amide bonds. The lowest BCUT2D eigenvalue weighted by Crippen LogP contribution is -2.29. The molecule has 2 rings (SSSR count). The molecule has 0 aliphatic carbocycles. The summed E-state index contributed by atoms with van der Waals surface area (Å²) in [6.07, 6.45) is 0. The Labute approximate surface area is 156 Å². The predicted octanol–water partition coefficient (Wildman–Crippen LogP) is 4.49. The van der Waals surface area contributed by atoms with Crippen LogP contribution in [0.5, 0.6) is 5.75 Å². The number of carbonyl (C=O) groups excluding carboxylic acids is 1. The van der Waals surface area contributed by atoms with Crippen molar-refractivity contribution in [3.05, 3.63) is 63.6 Å². The molecule has 1 N–H and O–H groups in total. The summed E-state index contributed by atoms with van der Waals surface area (Å²) in [6.45, 7) is 5.08. The molecule has 2 aromatic carbocycles. The number of aryl methyl sites for hydroxylation is 2. The zero-order valence-corrected chi connectivity index (χ0v) is 16.4. The van der Waals surface area contributed by atoms with Crippen molar-refractivity contribution < 1.29 is 9.53 Å². The quantitative estimate of drug-likeness (QED) is 0.654. The van der Waals surface area contributed by atoms with E-state index < -0.39 is 0 Å². The molecule has 0 bridgehead atoms. The van der Waals surface area contributed by atoms with Crippen LogP contribution in [-0.4, -0.2) is 24.8 Å². The maximum atomic E-state index is 11.8. The van der Waals surface area contributed by atoms with Crippen LogP contribution in [0.25, 0.3) is 0 Å². The number of halogens is 1. The van der Waals surface area contributed by atoms with E-state index >= 15 is 0 Å². The van der Waals surface area contributed by atoms with Gasteiger partial charge in [-0.25, -0.2) is 0 Å². The topological polar surface area (TPSA) is 38.3 Å². The molecule has 24 heavy (non-hydrogen) atoms. The van der Waals surface area contributed by atoms with Gasteiger partial charge < -0.3 is 10.1 Å². The minimum Gasteiger partial charge on any atom is -0.491 e. The summed E-state index contributed by atoms with van der Waals surface area (Å²) in [4.78, 5) is 11.8. The van der Waals surface area contributed by atoms with Crippen LogP contribution in [0.3, 0.4) is 0 Å². The first-order valence-electron chi connectivity index (χ1n) is 7.83. The van der Waals surface area contributed by atoms with Gasteiger partial charge in [0.1, 0.15) is 12.4 Å². The number of benzene rings is 2. The van der Waals surface area contributed by atoms with Gasteiger partial charge in [-0.3, -0.25) is 4.79 Å². The van der Waals surface area contributed by atoms with E-state index in [0.29, 0.717) is 18.9 Å². The van der Waals surface area contributed by atoms with Crippen LogP contribution >= 0.6 is 27.7 Å². The smallest absolute Gasteiger partial charge is 0.230 e. The van der Waals surface area contributed by atoms with Gasteiger partial charge in [0.2, 0.25) is 5.91 Å². The van der Waals surface area contributed by atoms with Crippen LogP contribution in [-0.2, 0) is 10.5 Å². The Kier molecular flexibility index (Phi) is 7.66. The Morgan fingerprint density at radius 1 is 1.17 bits per heavy atom. The fourth-order valence-corrected chi connectivity index (χ4v) is 3.29. The van der Waals surface area contributed by atoms with Crippen molar-refractivity contribution >= 4 is 33.6 Å². The van der Waals surface area contributed by atoms with Crippen molar-refractivity contribution in [2.45, 2.75) is 19.6 Å². The van der Waals surface area contributed by atoms with Crippen LogP contribution in [0.1, 0.15) is 16.7 Å². The van der Waals surface area contributed by atoms with E-state index in [0.717, 1.165) is 21.5 Å².